The zero-order valence-electron chi connectivity index (χ0n) is 34.0. The summed E-state index contributed by atoms with van der Waals surface area (Å²) >= 11 is 0. The number of aliphatic imine (C=N–C) groups is 1. The number of dihydropyridines is 1. The standard InChI is InChI=1S/C42H52N6O13/c1-4-23-26(59-3)15-27(34-32(23)35(53)24-13-21(7-5-6-12-49)25(17-47-41(44)45-2)36(54)33(24)37(34)55)60-40-38(56)39(57)42(58,28(19-50)61-40)16-22(20-10-11-46-29(43)14-20)18-48-30(51)8-9-31(48)52/h8-10,13-15,22,28,38-40,46,49-50,54,56-58H,4-7,11-12,16-19,43H2,1-3H3,(H3,44,45,47)/t22-,28-,38-,39-,40-,42-/m1/s1. The molecule has 1 saturated heterocycles. The van der Waals surface area contributed by atoms with E-state index < -0.39 is 78.3 Å². The topological polar surface area (TPSA) is 309 Å². The number of aryl methyl sites for hydroxylation is 1. The number of unbranched alkanes of at least 4 members (excludes halogenated alkanes) is 1. The third-order valence-corrected chi connectivity index (χ3v) is 11.6. The average molecular weight is 849 g/mol. The van der Waals surface area contributed by atoms with Crippen LogP contribution in [-0.4, -0.2) is 136 Å². The number of phenolic OH excluding ortho intramolecular Hbond substituents is 1. The van der Waals surface area contributed by atoms with Crippen LogP contribution >= 0.6 is 0 Å². The van der Waals surface area contributed by atoms with Crippen LogP contribution in [0.1, 0.15) is 74.7 Å². The Labute approximate surface area is 351 Å². The molecule has 61 heavy (non-hydrogen) atoms. The molecule has 3 aliphatic heterocycles. The Kier molecular flexibility index (Phi) is 13.5. The number of fused-ring (bicyclic) bond motifs is 2. The first kappa shape index (κ1) is 44.7. The summed E-state index contributed by atoms with van der Waals surface area (Å²) in [5.74, 6) is -3.91. The Morgan fingerprint density at radius 3 is 2.41 bits per heavy atom. The van der Waals surface area contributed by atoms with Gasteiger partial charge in [0.15, 0.2) is 11.7 Å². The molecule has 328 valence electrons. The molecule has 0 radical (unpaired) electrons. The molecule has 2 amide bonds. The molecule has 0 unspecified atom stereocenters. The van der Waals surface area contributed by atoms with Crippen LogP contribution in [0.2, 0.25) is 0 Å². The van der Waals surface area contributed by atoms with Gasteiger partial charge in [0, 0.05) is 79.7 Å². The molecular formula is C42H52N6O13. The third kappa shape index (κ3) is 8.44. The van der Waals surface area contributed by atoms with E-state index in [1.807, 2.05) is 0 Å². The first-order valence-electron chi connectivity index (χ1n) is 19.9. The van der Waals surface area contributed by atoms with Gasteiger partial charge in [0.1, 0.15) is 41.2 Å². The predicted octanol–water partition coefficient (Wildman–Crippen LogP) is -1.10. The summed E-state index contributed by atoms with van der Waals surface area (Å²) in [5, 5.41) is 73.1. The van der Waals surface area contributed by atoms with E-state index in [1.165, 1.54) is 26.3 Å². The molecular weight excluding hydrogens is 796 g/mol. The highest BCUT2D eigenvalue weighted by Crippen LogP contribution is 2.46. The molecule has 3 heterocycles. The number of carbonyl (C=O) groups excluding carboxylic acids is 4. The smallest absolute Gasteiger partial charge is 0.253 e. The number of amides is 2. The van der Waals surface area contributed by atoms with Crippen molar-refractivity contribution in [1.29, 1.82) is 0 Å². The fourth-order valence-corrected chi connectivity index (χ4v) is 8.36. The number of methoxy groups -OCH3 is 1. The molecule has 0 bridgehead atoms. The molecule has 6 atom stereocenters. The number of aliphatic hydroxyl groups excluding tert-OH is 4. The summed E-state index contributed by atoms with van der Waals surface area (Å²) in [6.07, 6.45) is -1.23. The van der Waals surface area contributed by atoms with E-state index >= 15 is 0 Å². The van der Waals surface area contributed by atoms with E-state index in [2.05, 4.69) is 15.6 Å². The van der Waals surface area contributed by atoms with Crippen molar-refractivity contribution in [3.05, 3.63) is 86.8 Å². The van der Waals surface area contributed by atoms with Gasteiger partial charge in [-0.2, -0.15) is 0 Å². The van der Waals surface area contributed by atoms with Crippen LogP contribution in [0.25, 0.3) is 0 Å². The van der Waals surface area contributed by atoms with Gasteiger partial charge in [0.25, 0.3) is 11.8 Å². The van der Waals surface area contributed by atoms with Crippen molar-refractivity contribution >= 4 is 29.3 Å². The first-order chi connectivity index (χ1) is 29.1. The van der Waals surface area contributed by atoms with E-state index in [0.717, 1.165) is 17.1 Å². The Bertz CT molecular complexity index is 2200. The SMILES string of the molecule is CCc1c(OC)cc(O[C@@H]2O[C@H](CO)[C@](O)(C[C@H](CN3C(=O)C=CC3=O)C3=CCNC(N)=C3)[C@H](O)[C@H]2O)c2c1C(=O)c1cc(CCCCO)c(CNC(N)=NC)c(O)c1C2=O. The molecule has 0 spiro atoms. The second-order valence-electron chi connectivity index (χ2n) is 15.2. The first-order valence-corrected chi connectivity index (χ1v) is 19.9. The van der Waals surface area contributed by atoms with E-state index in [-0.39, 0.29) is 83.8 Å². The quantitative estimate of drug-likeness (QED) is 0.0354. The average Bonchev–Trinajstić information content (AvgIpc) is 3.56. The summed E-state index contributed by atoms with van der Waals surface area (Å²) in [4.78, 5) is 59.3. The Morgan fingerprint density at radius 1 is 1.07 bits per heavy atom. The number of nitrogens with one attached hydrogen (secondary N) is 2. The largest absolute Gasteiger partial charge is 0.507 e. The van der Waals surface area contributed by atoms with Gasteiger partial charge >= 0.3 is 0 Å². The monoisotopic (exact) mass is 848 g/mol. The van der Waals surface area contributed by atoms with Gasteiger partial charge in [-0.1, -0.05) is 13.0 Å². The maximum absolute atomic E-state index is 14.7. The lowest BCUT2D eigenvalue weighted by Gasteiger charge is -2.49. The molecule has 0 aromatic heterocycles. The molecule has 1 aliphatic carbocycles. The maximum Gasteiger partial charge on any atom is 0.253 e. The number of phenols is 1. The molecule has 19 nitrogen and oxygen atoms in total. The van der Waals surface area contributed by atoms with Gasteiger partial charge < -0.3 is 67.0 Å². The zero-order chi connectivity index (χ0) is 44.3. The van der Waals surface area contributed by atoms with Crippen molar-refractivity contribution in [3.63, 3.8) is 0 Å². The van der Waals surface area contributed by atoms with Crippen molar-refractivity contribution in [3.8, 4) is 17.2 Å². The van der Waals surface area contributed by atoms with Gasteiger partial charge in [-0.05, 0) is 55.4 Å². The van der Waals surface area contributed by atoms with Gasteiger partial charge in [0.2, 0.25) is 12.1 Å². The fraction of sp³-hybridized carbons (Fsp3) is 0.452. The van der Waals surface area contributed by atoms with Crippen molar-refractivity contribution < 1.29 is 64.0 Å². The molecule has 19 heteroatoms. The number of aliphatic hydroxyl groups is 5. The minimum absolute atomic E-state index is 0.0531. The van der Waals surface area contributed by atoms with Crippen LogP contribution in [-0.2, 0) is 33.7 Å². The molecule has 12 N–H and O–H groups in total. The number of hydrogen-bond donors (Lipinski definition) is 10. The van der Waals surface area contributed by atoms with Crippen LogP contribution in [0.4, 0.5) is 0 Å². The van der Waals surface area contributed by atoms with Crippen molar-refractivity contribution in [2.45, 2.75) is 75.8 Å². The van der Waals surface area contributed by atoms with Crippen LogP contribution in [0.15, 0.2) is 52.8 Å². The number of allylic oxidation sites excluding steroid dienone is 1. The summed E-state index contributed by atoms with van der Waals surface area (Å²) in [6.45, 7) is 0.696. The van der Waals surface area contributed by atoms with Crippen LogP contribution in [0.5, 0.6) is 17.2 Å². The Hall–Kier alpha value is -5.83. The lowest BCUT2D eigenvalue weighted by Crippen LogP contribution is -2.68. The number of benzene rings is 2. The van der Waals surface area contributed by atoms with E-state index in [1.54, 1.807) is 19.1 Å². The van der Waals surface area contributed by atoms with E-state index in [0.29, 0.717) is 36.0 Å². The summed E-state index contributed by atoms with van der Waals surface area (Å²) in [6, 6.07) is 2.84. The number of imide groups is 1. The van der Waals surface area contributed by atoms with Gasteiger partial charge in [-0.25, -0.2) is 0 Å². The van der Waals surface area contributed by atoms with E-state index in [4.69, 9.17) is 25.7 Å². The number of ether oxygens (including phenoxy) is 3. The lowest BCUT2D eigenvalue weighted by atomic mass is 9.75. The van der Waals surface area contributed by atoms with Crippen molar-refractivity contribution in [2.75, 3.05) is 40.5 Å². The predicted molar refractivity (Wildman–Crippen MR) is 217 cm³/mol. The Balaban J connectivity index is 1.38. The highest BCUT2D eigenvalue weighted by molar-refractivity contribution is 6.31. The Morgan fingerprint density at radius 2 is 1.79 bits per heavy atom. The molecule has 2 aromatic carbocycles. The van der Waals surface area contributed by atoms with Gasteiger partial charge in [-0.15, -0.1) is 0 Å². The number of hydrogen-bond acceptors (Lipinski definition) is 16. The molecule has 1 fully saturated rings. The number of aromatic hydroxyl groups is 1. The van der Waals surface area contributed by atoms with Crippen molar-refractivity contribution in [1.82, 2.24) is 15.5 Å². The highest BCUT2D eigenvalue weighted by Gasteiger charge is 2.57. The minimum atomic E-state index is -2.43. The van der Waals surface area contributed by atoms with Crippen LogP contribution in [0, 0.1) is 5.92 Å². The fourth-order valence-electron chi connectivity index (χ4n) is 8.36. The molecule has 4 aliphatic rings. The van der Waals surface area contributed by atoms with Crippen LogP contribution in [0.3, 0.4) is 0 Å². The number of rotatable bonds is 16. The lowest BCUT2D eigenvalue weighted by molar-refractivity contribution is -0.316. The second-order valence-corrected chi connectivity index (χ2v) is 15.2. The number of nitrogens with two attached hydrogens (primary N) is 2. The van der Waals surface area contributed by atoms with Crippen molar-refractivity contribution in [2.24, 2.45) is 22.4 Å². The van der Waals surface area contributed by atoms with Gasteiger partial charge in [-0.3, -0.25) is 29.1 Å². The summed E-state index contributed by atoms with van der Waals surface area (Å²) < 4.78 is 17.8. The molecule has 0 saturated carbocycles. The van der Waals surface area contributed by atoms with E-state index in [9.17, 15) is 49.8 Å². The normalized spacial score (nSPS) is 24.2. The highest BCUT2D eigenvalue weighted by atomic mass is 16.7. The number of guanidine groups is 1. The zero-order valence-corrected chi connectivity index (χ0v) is 34.0. The van der Waals surface area contributed by atoms with Crippen LogP contribution < -0.4 is 31.6 Å². The number of ketones is 2. The summed E-state index contributed by atoms with van der Waals surface area (Å²) in [7, 11) is 2.81. The third-order valence-electron chi connectivity index (χ3n) is 11.6. The molecule has 6 rings (SSSR count). The number of nitrogens with zero attached hydrogens (tertiary/aromatic N) is 2. The summed E-state index contributed by atoms with van der Waals surface area (Å²) in [5.41, 5.74) is 10.3. The van der Waals surface area contributed by atoms with Gasteiger partial charge in [0.05, 0.1) is 30.7 Å². The minimum Gasteiger partial charge on any atom is -0.507 e. The number of carbonyl (C=O) groups is 4. The second kappa shape index (κ2) is 18.4. The maximum atomic E-state index is 14.7. The molecule has 2 aromatic rings.